The van der Waals surface area contributed by atoms with E-state index in [-0.39, 0.29) is 17.1 Å². The van der Waals surface area contributed by atoms with E-state index in [4.69, 9.17) is 32.7 Å². The van der Waals surface area contributed by atoms with Crippen LogP contribution in [0.5, 0.6) is 0 Å². The number of carboxylic acid groups (broad SMARTS) is 1. The quantitative estimate of drug-likeness (QED) is 0.537. The summed E-state index contributed by atoms with van der Waals surface area (Å²) in [5.74, 6) is 0.0609. The summed E-state index contributed by atoms with van der Waals surface area (Å²) < 4.78 is 5.69. The molecule has 0 aliphatic heterocycles. The lowest BCUT2D eigenvalue weighted by Crippen LogP contribution is -1.97. The minimum Gasteiger partial charge on any atom is -0.478 e. The van der Waals surface area contributed by atoms with Crippen LogP contribution in [0, 0.1) is 0 Å². The second kappa shape index (κ2) is 7.51. The highest BCUT2D eigenvalue weighted by molar-refractivity contribution is 6.33. The van der Waals surface area contributed by atoms with Crippen molar-refractivity contribution < 1.29 is 14.3 Å². The standard InChI is InChI=1S/C18H12Cl2N2O3/c19-12-2-4-13(5-3-12)22-21-10-14-6-8-17(25-14)11-1-7-16(20)15(9-11)18(23)24/h1-9H,10H2,(H,23,24). The highest BCUT2D eigenvalue weighted by Crippen LogP contribution is 2.27. The lowest BCUT2D eigenvalue weighted by molar-refractivity contribution is 0.0697. The van der Waals surface area contributed by atoms with Crippen LogP contribution in [-0.4, -0.2) is 11.1 Å². The minimum absolute atomic E-state index is 0.0274. The first-order valence-electron chi connectivity index (χ1n) is 7.28. The third kappa shape index (κ3) is 4.26. The molecule has 1 N–H and O–H groups in total. The first kappa shape index (κ1) is 17.2. The molecule has 2 aromatic carbocycles. The Morgan fingerprint density at radius 3 is 2.52 bits per heavy atom. The maximum atomic E-state index is 11.2. The predicted molar refractivity (Wildman–Crippen MR) is 95.8 cm³/mol. The summed E-state index contributed by atoms with van der Waals surface area (Å²) in [4.78, 5) is 11.2. The predicted octanol–water partition coefficient (Wildman–Crippen LogP) is 6.24. The minimum atomic E-state index is -1.09. The first-order valence-corrected chi connectivity index (χ1v) is 8.03. The normalized spacial score (nSPS) is 11.1. The molecule has 0 amide bonds. The Bertz CT molecular complexity index is 934. The number of carbonyl (C=O) groups is 1. The number of benzene rings is 2. The average molecular weight is 375 g/mol. The van der Waals surface area contributed by atoms with Gasteiger partial charge in [-0.25, -0.2) is 4.79 Å². The van der Waals surface area contributed by atoms with Crippen LogP contribution in [0.3, 0.4) is 0 Å². The highest BCUT2D eigenvalue weighted by atomic mass is 35.5. The molecule has 0 fully saturated rings. The zero-order valence-electron chi connectivity index (χ0n) is 12.8. The van der Waals surface area contributed by atoms with E-state index >= 15 is 0 Å². The molecule has 1 aromatic heterocycles. The van der Waals surface area contributed by atoms with Gasteiger partial charge in [-0.15, -0.1) is 0 Å². The Morgan fingerprint density at radius 1 is 1.04 bits per heavy atom. The van der Waals surface area contributed by atoms with Crippen LogP contribution in [0.15, 0.2) is 69.2 Å². The average Bonchev–Trinajstić information content (AvgIpc) is 3.06. The molecule has 0 unspecified atom stereocenters. The Hall–Kier alpha value is -2.63. The fraction of sp³-hybridized carbons (Fsp3) is 0.0556. The summed E-state index contributed by atoms with van der Waals surface area (Å²) in [6.45, 7) is 0.266. The number of azo groups is 1. The smallest absolute Gasteiger partial charge is 0.337 e. The summed E-state index contributed by atoms with van der Waals surface area (Å²) >= 11 is 11.7. The Balaban J connectivity index is 1.73. The monoisotopic (exact) mass is 374 g/mol. The zero-order valence-corrected chi connectivity index (χ0v) is 14.3. The van der Waals surface area contributed by atoms with Gasteiger partial charge in [0.2, 0.25) is 0 Å². The largest absolute Gasteiger partial charge is 0.478 e. The molecule has 0 radical (unpaired) electrons. The molecule has 126 valence electrons. The SMILES string of the molecule is O=C(O)c1cc(-c2ccc(CN=Nc3ccc(Cl)cc3)o2)ccc1Cl. The molecular formula is C18H12Cl2N2O3. The number of aromatic carboxylic acids is 1. The molecular weight excluding hydrogens is 363 g/mol. The van der Waals surface area contributed by atoms with Crippen molar-refractivity contribution >= 4 is 34.9 Å². The molecule has 3 aromatic rings. The molecule has 0 saturated heterocycles. The third-order valence-electron chi connectivity index (χ3n) is 3.38. The number of furan rings is 1. The fourth-order valence-corrected chi connectivity index (χ4v) is 2.48. The van der Waals surface area contributed by atoms with Crippen LogP contribution in [0.4, 0.5) is 5.69 Å². The molecule has 0 bridgehead atoms. The van der Waals surface area contributed by atoms with Gasteiger partial charge in [-0.1, -0.05) is 23.2 Å². The van der Waals surface area contributed by atoms with E-state index in [1.165, 1.54) is 12.1 Å². The van der Waals surface area contributed by atoms with Gasteiger partial charge in [-0.05, 0) is 54.6 Å². The van der Waals surface area contributed by atoms with Gasteiger partial charge in [0.15, 0.2) is 0 Å². The molecule has 1 heterocycles. The maximum Gasteiger partial charge on any atom is 0.337 e. The van der Waals surface area contributed by atoms with Crippen LogP contribution in [-0.2, 0) is 6.54 Å². The van der Waals surface area contributed by atoms with Crippen molar-refractivity contribution in [3.8, 4) is 11.3 Å². The van der Waals surface area contributed by atoms with Crippen LogP contribution in [0.2, 0.25) is 10.0 Å². The number of nitrogens with zero attached hydrogens (tertiary/aromatic N) is 2. The fourth-order valence-electron chi connectivity index (χ4n) is 2.15. The molecule has 0 spiro atoms. The van der Waals surface area contributed by atoms with E-state index in [1.54, 1.807) is 42.5 Å². The first-order chi connectivity index (χ1) is 12.0. The van der Waals surface area contributed by atoms with Crippen LogP contribution >= 0.6 is 23.2 Å². The van der Waals surface area contributed by atoms with E-state index in [1.807, 2.05) is 0 Å². The lowest BCUT2D eigenvalue weighted by atomic mass is 10.1. The van der Waals surface area contributed by atoms with Crippen molar-refractivity contribution in [1.82, 2.24) is 0 Å². The zero-order chi connectivity index (χ0) is 17.8. The van der Waals surface area contributed by atoms with Gasteiger partial charge in [-0.2, -0.15) is 10.2 Å². The van der Waals surface area contributed by atoms with E-state index in [0.717, 1.165) is 0 Å². The summed E-state index contributed by atoms with van der Waals surface area (Å²) in [5, 5.41) is 18.1. The van der Waals surface area contributed by atoms with E-state index in [9.17, 15) is 4.79 Å². The summed E-state index contributed by atoms with van der Waals surface area (Å²) in [7, 11) is 0. The number of carboxylic acids is 1. The molecule has 0 atom stereocenters. The summed E-state index contributed by atoms with van der Waals surface area (Å²) in [6, 6.07) is 15.2. The Labute approximate surface area is 153 Å². The van der Waals surface area contributed by atoms with Crippen LogP contribution < -0.4 is 0 Å². The van der Waals surface area contributed by atoms with Gasteiger partial charge in [0, 0.05) is 10.6 Å². The van der Waals surface area contributed by atoms with Gasteiger partial charge in [-0.3, -0.25) is 0 Å². The topological polar surface area (TPSA) is 75.2 Å². The highest BCUT2D eigenvalue weighted by Gasteiger charge is 2.12. The third-order valence-corrected chi connectivity index (χ3v) is 3.96. The van der Waals surface area contributed by atoms with E-state index in [2.05, 4.69) is 10.2 Å². The number of halogens is 2. The summed E-state index contributed by atoms with van der Waals surface area (Å²) in [5.41, 5.74) is 1.35. The second-order valence-corrected chi connectivity index (χ2v) is 5.99. The van der Waals surface area contributed by atoms with Gasteiger partial charge in [0.25, 0.3) is 0 Å². The molecule has 0 aliphatic rings. The van der Waals surface area contributed by atoms with Crippen LogP contribution in [0.25, 0.3) is 11.3 Å². The van der Waals surface area contributed by atoms with Crippen molar-refractivity contribution in [3.63, 3.8) is 0 Å². The van der Waals surface area contributed by atoms with Gasteiger partial charge < -0.3 is 9.52 Å². The van der Waals surface area contributed by atoms with E-state index in [0.29, 0.717) is 27.8 Å². The van der Waals surface area contributed by atoms with Crippen molar-refractivity contribution in [1.29, 1.82) is 0 Å². The van der Waals surface area contributed by atoms with Crippen molar-refractivity contribution in [3.05, 3.63) is 76.0 Å². The molecule has 3 rings (SSSR count). The van der Waals surface area contributed by atoms with Crippen molar-refractivity contribution in [2.45, 2.75) is 6.54 Å². The molecule has 7 heteroatoms. The molecule has 0 saturated carbocycles. The molecule has 5 nitrogen and oxygen atoms in total. The maximum absolute atomic E-state index is 11.2. The van der Waals surface area contributed by atoms with E-state index < -0.39 is 5.97 Å². The van der Waals surface area contributed by atoms with Crippen LogP contribution in [0.1, 0.15) is 16.1 Å². The number of rotatable bonds is 5. The molecule has 25 heavy (non-hydrogen) atoms. The molecule has 0 aliphatic carbocycles. The van der Waals surface area contributed by atoms with Gasteiger partial charge in [0.05, 0.1) is 16.3 Å². The van der Waals surface area contributed by atoms with Gasteiger partial charge in [0.1, 0.15) is 18.1 Å². The number of hydrogen-bond acceptors (Lipinski definition) is 4. The van der Waals surface area contributed by atoms with Crippen molar-refractivity contribution in [2.24, 2.45) is 10.2 Å². The second-order valence-electron chi connectivity index (χ2n) is 5.14. The Morgan fingerprint density at radius 2 is 1.80 bits per heavy atom. The number of hydrogen-bond donors (Lipinski definition) is 1. The lowest BCUT2D eigenvalue weighted by Gasteiger charge is -2.02. The van der Waals surface area contributed by atoms with Gasteiger partial charge >= 0.3 is 5.97 Å². The van der Waals surface area contributed by atoms with Crippen molar-refractivity contribution in [2.75, 3.05) is 0 Å². The summed E-state index contributed by atoms with van der Waals surface area (Å²) in [6.07, 6.45) is 0. The Kier molecular flexibility index (Phi) is 5.16.